The molecule has 2 aromatic rings. The van der Waals surface area contributed by atoms with Crippen LogP contribution in [0.3, 0.4) is 0 Å². The number of urea groups is 1. The summed E-state index contributed by atoms with van der Waals surface area (Å²) in [7, 11) is 0. The van der Waals surface area contributed by atoms with E-state index in [0.717, 1.165) is 21.9 Å². The molecule has 0 aliphatic carbocycles. The van der Waals surface area contributed by atoms with Gasteiger partial charge in [-0.15, -0.1) is 11.3 Å². The highest BCUT2D eigenvalue weighted by atomic mass is 32.1. The average molecular weight is 319 g/mol. The van der Waals surface area contributed by atoms with Gasteiger partial charge in [-0.25, -0.2) is 9.78 Å². The van der Waals surface area contributed by atoms with Crippen LogP contribution in [0.15, 0.2) is 29.8 Å². The largest absolute Gasteiger partial charge is 0.492 e. The Kier molecular flexibility index (Phi) is 5.77. The summed E-state index contributed by atoms with van der Waals surface area (Å²) in [5.74, 6) is 0.830. The summed E-state index contributed by atoms with van der Waals surface area (Å²) < 4.78 is 5.64. The quantitative estimate of drug-likeness (QED) is 0.804. The van der Waals surface area contributed by atoms with Gasteiger partial charge < -0.3 is 15.4 Å². The van der Waals surface area contributed by atoms with Gasteiger partial charge in [0.15, 0.2) is 0 Å². The third-order valence-electron chi connectivity index (χ3n) is 3.02. The van der Waals surface area contributed by atoms with Gasteiger partial charge in [-0.1, -0.05) is 6.07 Å². The van der Waals surface area contributed by atoms with E-state index in [1.54, 1.807) is 6.20 Å². The van der Waals surface area contributed by atoms with Crippen molar-refractivity contribution in [2.75, 3.05) is 13.2 Å². The Morgan fingerprint density at radius 3 is 2.68 bits per heavy atom. The second-order valence-electron chi connectivity index (χ2n) is 5.16. The highest BCUT2D eigenvalue weighted by Crippen LogP contribution is 2.16. The first-order valence-corrected chi connectivity index (χ1v) is 8.07. The number of amides is 2. The standard InChI is InChI=1S/C16H21N3O2S/c1-11-8-12(2)10-14(9-11)21-6-4-18-16(20)19-13(3)15-17-5-7-22-15/h5,7-10,13H,4,6H2,1-3H3,(H2,18,19,20). The fraction of sp³-hybridized carbons (Fsp3) is 0.375. The molecule has 2 N–H and O–H groups in total. The average Bonchev–Trinajstić information content (AvgIpc) is 2.96. The molecule has 0 saturated heterocycles. The van der Waals surface area contributed by atoms with E-state index in [4.69, 9.17) is 4.74 Å². The predicted molar refractivity (Wildman–Crippen MR) is 88.5 cm³/mol. The van der Waals surface area contributed by atoms with Gasteiger partial charge in [0.1, 0.15) is 17.4 Å². The first kappa shape index (κ1) is 16.3. The molecular formula is C16H21N3O2S. The van der Waals surface area contributed by atoms with E-state index in [1.807, 2.05) is 38.3 Å². The Morgan fingerprint density at radius 1 is 1.32 bits per heavy atom. The highest BCUT2D eigenvalue weighted by Gasteiger charge is 2.10. The molecule has 6 heteroatoms. The number of nitrogens with zero attached hydrogens (tertiary/aromatic N) is 1. The Labute approximate surface area is 134 Å². The third-order valence-corrected chi connectivity index (χ3v) is 3.98. The van der Waals surface area contributed by atoms with Crippen molar-refractivity contribution in [1.29, 1.82) is 0 Å². The van der Waals surface area contributed by atoms with Crippen molar-refractivity contribution in [2.24, 2.45) is 0 Å². The molecule has 22 heavy (non-hydrogen) atoms. The molecule has 2 amide bonds. The van der Waals surface area contributed by atoms with Crippen LogP contribution in [0.1, 0.15) is 29.1 Å². The molecule has 0 fully saturated rings. The molecule has 0 aliphatic heterocycles. The summed E-state index contributed by atoms with van der Waals surface area (Å²) in [5, 5.41) is 8.40. The molecule has 5 nitrogen and oxygen atoms in total. The normalized spacial score (nSPS) is 11.8. The fourth-order valence-corrected chi connectivity index (χ4v) is 2.75. The number of hydrogen-bond acceptors (Lipinski definition) is 4. The molecule has 1 unspecified atom stereocenters. The number of aromatic nitrogens is 1. The minimum atomic E-state index is -0.216. The lowest BCUT2D eigenvalue weighted by Crippen LogP contribution is -2.38. The van der Waals surface area contributed by atoms with Crippen LogP contribution < -0.4 is 15.4 Å². The van der Waals surface area contributed by atoms with E-state index in [0.29, 0.717) is 13.2 Å². The molecule has 0 saturated carbocycles. The maximum atomic E-state index is 11.8. The number of aryl methyl sites for hydroxylation is 2. The van der Waals surface area contributed by atoms with Gasteiger partial charge in [0.2, 0.25) is 0 Å². The van der Waals surface area contributed by atoms with Gasteiger partial charge in [-0.05, 0) is 44.0 Å². The second kappa shape index (κ2) is 7.79. The van der Waals surface area contributed by atoms with E-state index in [2.05, 4.69) is 21.7 Å². The van der Waals surface area contributed by atoms with Crippen molar-refractivity contribution in [3.8, 4) is 5.75 Å². The summed E-state index contributed by atoms with van der Waals surface area (Å²) in [6, 6.07) is 5.75. The van der Waals surface area contributed by atoms with Gasteiger partial charge in [-0.2, -0.15) is 0 Å². The van der Waals surface area contributed by atoms with Crippen LogP contribution in [-0.2, 0) is 0 Å². The van der Waals surface area contributed by atoms with Gasteiger partial charge in [0.25, 0.3) is 0 Å². The molecule has 0 bridgehead atoms. The van der Waals surface area contributed by atoms with Crippen molar-refractivity contribution in [1.82, 2.24) is 15.6 Å². The summed E-state index contributed by atoms with van der Waals surface area (Å²) in [6.45, 7) is 6.85. The Morgan fingerprint density at radius 2 is 2.05 bits per heavy atom. The van der Waals surface area contributed by atoms with Crippen LogP contribution in [0.5, 0.6) is 5.75 Å². The zero-order valence-electron chi connectivity index (χ0n) is 13.1. The van der Waals surface area contributed by atoms with Crippen LogP contribution in [-0.4, -0.2) is 24.2 Å². The number of nitrogens with one attached hydrogen (secondary N) is 2. The van der Waals surface area contributed by atoms with Crippen LogP contribution in [0, 0.1) is 13.8 Å². The van der Waals surface area contributed by atoms with Gasteiger partial charge in [0.05, 0.1) is 12.6 Å². The lowest BCUT2D eigenvalue weighted by molar-refractivity contribution is 0.233. The maximum absolute atomic E-state index is 11.8. The maximum Gasteiger partial charge on any atom is 0.315 e. The molecule has 0 radical (unpaired) electrons. The fourth-order valence-electron chi connectivity index (χ4n) is 2.11. The molecule has 1 aromatic heterocycles. The lowest BCUT2D eigenvalue weighted by atomic mass is 10.1. The van der Waals surface area contributed by atoms with E-state index in [-0.39, 0.29) is 12.1 Å². The van der Waals surface area contributed by atoms with Gasteiger partial charge >= 0.3 is 6.03 Å². The third kappa shape index (κ3) is 5.04. The second-order valence-corrected chi connectivity index (χ2v) is 6.09. The van der Waals surface area contributed by atoms with Gasteiger partial charge in [-0.3, -0.25) is 0 Å². The van der Waals surface area contributed by atoms with Crippen molar-refractivity contribution < 1.29 is 9.53 Å². The molecule has 1 atom stereocenters. The zero-order chi connectivity index (χ0) is 15.9. The van der Waals surface area contributed by atoms with Crippen molar-refractivity contribution in [3.05, 3.63) is 45.9 Å². The number of benzene rings is 1. The monoisotopic (exact) mass is 319 g/mol. The summed E-state index contributed by atoms with van der Waals surface area (Å²) in [6.07, 6.45) is 1.73. The molecule has 0 aliphatic rings. The first-order chi connectivity index (χ1) is 10.5. The minimum Gasteiger partial charge on any atom is -0.492 e. The summed E-state index contributed by atoms with van der Waals surface area (Å²) in [5.41, 5.74) is 2.33. The number of carbonyl (C=O) groups excluding carboxylic acids is 1. The molecule has 2 rings (SSSR count). The number of carbonyl (C=O) groups is 1. The van der Waals surface area contributed by atoms with E-state index in [1.165, 1.54) is 11.3 Å². The number of ether oxygens (including phenoxy) is 1. The minimum absolute atomic E-state index is 0.0969. The van der Waals surface area contributed by atoms with Crippen LogP contribution >= 0.6 is 11.3 Å². The van der Waals surface area contributed by atoms with Crippen molar-refractivity contribution in [2.45, 2.75) is 26.8 Å². The highest BCUT2D eigenvalue weighted by molar-refractivity contribution is 7.09. The predicted octanol–water partition coefficient (Wildman–Crippen LogP) is 3.20. The number of hydrogen-bond donors (Lipinski definition) is 2. The first-order valence-electron chi connectivity index (χ1n) is 7.19. The topological polar surface area (TPSA) is 63.2 Å². The molecule has 1 heterocycles. The smallest absolute Gasteiger partial charge is 0.315 e. The van der Waals surface area contributed by atoms with Crippen LogP contribution in [0.2, 0.25) is 0 Å². The Balaban J connectivity index is 1.69. The summed E-state index contributed by atoms with van der Waals surface area (Å²) in [4.78, 5) is 15.9. The van der Waals surface area contributed by atoms with Crippen LogP contribution in [0.25, 0.3) is 0 Å². The van der Waals surface area contributed by atoms with E-state index < -0.39 is 0 Å². The molecular weight excluding hydrogens is 298 g/mol. The Hall–Kier alpha value is -2.08. The van der Waals surface area contributed by atoms with Crippen molar-refractivity contribution >= 4 is 17.4 Å². The van der Waals surface area contributed by atoms with Crippen LogP contribution in [0.4, 0.5) is 4.79 Å². The lowest BCUT2D eigenvalue weighted by Gasteiger charge is -2.13. The zero-order valence-corrected chi connectivity index (χ0v) is 13.9. The molecule has 0 spiro atoms. The SMILES string of the molecule is Cc1cc(C)cc(OCCNC(=O)NC(C)c2nccs2)c1. The Bertz CT molecular complexity index is 594. The van der Waals surface area contributed by atoms with E-state index >= 15 is 0 Å². The molecule has 118 valence electrons. The summed E-state index contributed by atoms with van der Waals surface area (Å²) >= 11 is 1.52. The van der Waals surface area contributed by atoms with Gasteiger partial charge in [0, 0.05) is 11.6 Å². The number of rotatable bonds is 6. The van der Waals surface area contributed by atoms with Crippen molar-refractivity contribution in [3.63, 3.8) is 0 Å². The van der Waals surface area contributed by atoms with E-state index in [9.17, 15) is 4.79 Å². The number of thiazole rings is 1. The molecule has 1 aromatic carbocycles.